The highest BCUT2D eigenvalue weighted by Gasteiger charge is 2.31. The molecule has 7 nitrogen and oxygen atoms in total. The first-order valence-corrected chi connectivity index (χ1v) is 5.87. The van der Waals surface area contributed by atoms with Crippen LogP contribution in [-0.4, -0.2) is 49.6 Å². The number of rotatable bonds is 4. The quantitative estimate of drug-likeness (QED) is 0.628. The van der Waals surface area contributed by atoms with Gasteiger partial charge in [-0.15, -0.1) is 16.9 Å². The van der Waals surface area contributed by atoms with Crippen LogP contribution in [0.5, 0.6) is 0 Å². The van der Waals surface area contributed by atoms with E-state index in [-0.39, 0.29) is 12.0 Å². The van der Waals surface area contributed by atoms with Gasteiger partial charge in [-0.2, -0.15) is 0 Å². The number of carboxylic acid groups (broad SMARTS) is 1. The van der Waals surface area contributed by atoms with E-state index in [4.69, 9.17) is 10.2 Å². The molecule has 2 heterocycles. The summed E-state index contributed by atoms with van der Waals surface area (Å²) in [5.74, 6) is -0.329. The van der Waals surface area contributed by atoms with Crippen LogP contribution in [0.2, 0.25) is 0 Å². The molecule has 1 fully saturated rings. The lowest BCUT2D eigenvalue weighted by atomic mass is 10.3. The lowest BCUT2D eigenvalue weighted by Gasteiger charge is -2.06. The van der Waals surface area contributed by atoms with E-state index < -0.39 is 12.0 Å². The van der Waals surface area contributed by atoms with Crippen molar-refractivity contribution in [2.24, 2.45) is 0 Å². The third-order valence-corrected chi connectivity index (χ3v) is 3.47. The molecule has 1 aliphatic heterocycles. The van der Waals surface area contributed by atoms with Crippen molar-refractivity contribution in [1.29, 1.82) is 0 Å². The van der Waals surface area contributed by atoms with Crippen LogP contribution in [0.4, 0.5) is 0 Å². The second-order valence-electron chi connectivity index (χ2n) is 3.40. The molecule has 88 valence electrons. The summed E-state index contributed by atoms with van der Waals surface area (Å²) in [7, 11) is 0. The number of carbonyl (C=O) groups is 1. The van der Waals surface area contributed by atoms with Gasteiger partial charge >= 0.3 is 5.97 Å². The molecular weight excluding hydrogens is 232 g/mol. The molecule has 0 aromatic carbocycles. The Labute approximate surface area is 95.8 Å². The van der Waals surface area contributed by atoms with Crippen LogP contribution < -0.4 is 5.32 Å². The Hall–Kier alpha value is -1.12. The van der Waals surface area contributed by atoms with Gasteiger partial charge in [-0.1, -0.05) is 5.21 Å². The zero-order valence-electron chi connectivity index (χ0n) is 8.41. The van der Waals surface area contributed by atoms with Crippen molar-refractivity contribution in [3.05, 3.63) is 11.9 Å². The fourth-order valence-electron chi connectivity index (χ4n) is 1.43. The molecule has 1 aromatic heterocycles. The number of hydrogen-bond donors (Lipinski definition) is 3. The number of aliphatic carboxylic acids is 1. The van der Waals surface area contributed by atoms with E-state index in [0.717, 1.165) is 0 Å². The van der Waals surface area contributed by atoms with Gasteiger partial charge < -0.3 is 10.2 Å². The third-order valence-electron chi connectivity index (χ3n) is 2.23. The molecule has 0 bridgehead atoms. The number of carboxylic acids is 1. The van der Waals surface area contributed by atoms with E-state index in [1.54, 1.807) is 6.20 Å². The van der Waals surface area contributed by atoms with Crippen LogP contribution >= 0.6 is 11.8 Å². The molecule has 0 amide bonds. The van der Waals surface area contributed by atoms with Gasteiger partial charge in [0.05, 0.1) is 19.3 Å². The Balaban J connectivity index is 2.00. The molecule has 16 heavy (non-hydrogen) atoms. The zero-order chi connectivity index (χ0) is 11.5. The fraction of sp³-hybridized carbons (Fsp3) is 0.625. The molecule has 3 N–H and O–H groups in total. The van der Waals surface area contributed by atoms with Crippen LogP contribution in [0, 0.1) is 0 Å². The molecule has 0 aliphatic carbocycles. The molecule has 1 unspecified atom stereocenters. The van der Waals surface area contributed by atoms with Gasteiger partial charge in [0.25, 0.3) is 0 Å². The molecule has 1 aliphatic rings. The summed E-state index contributed by atoms with van der Waals surface area (Å²) in [5.41, 5.74) is 0.696. The molecule has 1 saturated heterocycles. The van der Waals surface area contributed by atoms with E-state index in [1.807, 2.05) is 0 Å². The minimum Gasteiger partial charge on any atom is -0.480 e. The summed E-state index contributed by atoms with van der Waals surface area (Å²) >= 11 is 1.49. The van der Waals surface area contributed by atoms with Gasteiger partial charge in [0.15, 0.2) is 0 Å². The zero-order valence-corrected chi connectivity index (χ0v) is 9.22. The first-order chi connectivity index (χ1) is 7.70. The van der Waals surface area contributed by atoms with Gasteiger partial charge in [0.2, 0.25) is 0 Å². The average molecular weight is 244 g/mol. The second-order valence-corrected chi connectivity index (χ2v) is 4.54. The normalized spacial score (nSPS) is 24.8. The fourth-order valence-corrected chi connectivity index (χ4v) is 2.59. The maximum Gasteiger partial charge on any atom is 0.321 e. The highest BCUT2D eigenvalue weighted by Crippen LogP contribution is 2.31. The Morgan fingerprint density at radius 1 is 1.75 bits per heavy atom. The van der Waals surface area contributed by atoms with E-state index in [0.29, 0.717) is 18.0 Å². The number of nitrogens with one attached hydrogen (secondary N) is 1. The highest BCUT2D eigenvalue weighted by molar-refractivity contribution is 7.99. The highest BCUT2D eigenvalue weighted by atomic mass is 32.2. The van der Waals surface area contributed by atoms with Gasteiger partial charge in [0.1, 0.15) is 17.1 Å². The first kappa shape index (κ1) is 11.4. The number of hydrogen-bond acceptors (Lipinski definition) is 6. The number of aliphatic hydroxyl groups excluding tert-OH is 1. The lowest BCUT2D eigenvalue weighted by molar-refractivity contribution is -0.138. The van der Waals surface area contributed by atoms with Crippen molar-refractivity contribution in [2.75, 3.05) is 12.4 Å². The summed E-state index contributed by atoms with van der Waals surface area (Å²) in [4.78, 5) is 10.7. The average Bonchev–Trinajstić information content (AvgIpc) is 2.84. The molecular formula is C8H12N4O3S. The summed E-state index contributed by atoms with van der Waals surface area (Å²) < 4.78 is 1.53. The van der Waals surface area contributed by atoms with Crippen molar-refractivity contribution < 1.29 is 15.0 Å². The van der Waals surface area contributed by atoms with Gasteiger partial charge in [-0.05, 0) is 0 Å². The minimum atomic E-state index is -0.849. The molecule has 2 atom stereocenters. The molecule has 1 aromatic rings. The standard InChI is InChI=1S/C8H12N4O3S/c13-2-1-12-3-5(10-11-12)7-9-6(4-16-7)8(14)15/h3,6-7,9,13H,1-2,4H2,(H,14,15)/t6-,7?/m1/s1. The van der Waals surface area contributed by atoms with Crippen LogP contribution in [-0.2, 0) is 11.3 Å². The van der Waals surface area contributed by atoms with E-state index in [1.165, 1.54) is 16.4 Å². The van der Waals surface area contributed by atoms with Crippen molar-refractivity contribution in [3.8, 4) is 0 Å². The predicted octanol–water partition coefficient (Wildman–Crippen LogP) is -0.941. The van der Waals surface area contributed by atoms with E-state index in [2.05, 4.69) is 15.6 Å². The van der Waals surface area contributed by atoms with E-state index in [9.17, 15) is 4.79 Å². The molecule has 0 spiro atoms. The summed E-state index contributed by atoms with van der Waals surface area (Å²) in [6, 6.07) is -0.530. The van der Waals surface area contributed by atoms with Crippen molar-refractivity contribution >= 4 is 17.7 Å². The summed E-state index contributed by atoms with van der Waals surface area (Å²) in [6.45, 7) is 0.401. The van der Waals surface area contributed by atoms with Gasteiger partial charge in [-0.3, -0.25) is 10.1 Å². The second kappa shape index (κ2) is 4.81. The van der Waals surface area contributed by atoms with Crippen molar-refractivity contribution in [2.45, 2.75) is 18.0 Å². The van der Waals surface area contributed by atoms with Crippen LogP contribution in [0.3, 0.4) is 0 Å². The Morgan fingerprint density at radius 2 is 2.56 bits per heavy atom. The number of aromatic nitrogens is 3. The molecule has 0 saturated carbocycles. The largest absolute Gasteiger partial charge is 0.480 e. The predicted molar refractivity (Wildman–Crippen MR) is 56.9 cm³/mol. The van der Waals surface area contributed by atoms with Crippen LogP contribution in [0.25, 0.3) is 0 Å². The van der Waals surface area contributed by atoms with Crippen molar-refractivity contribution in [1.82, 2.24) is 20.3 Å². The maximum atomic E-state index is 10.7. The molecule has 0 radical (unpaired) electrons. The number of nitrogens with zero attached hydrogens (tertiary/aromatic N) is 3. The lowest BCUT2D eigenvalue weighted by Crippen LogP contribution is -2.33. The monoisotopic (exact) mass is 244 g/mol. The number of thioether (sulfide) groups is 1. The van der Waals surface area contributed by atoms with Crippen molar-refractivity contribution in [3.63, 3.8) is 0 Å². The molecule has 8 heteroatoms. The summed E-state index contributed by atoms with van der Waals surface area (Å²) in [5, 5.41) is 28.1. The van der Waals surface area contributed by atoms with Crippen LogP contribution in [0.1, 0.15) is 11.1 Å². The molecule has 2 rings (SSSR count). The summed E-state index contributed by atoms with van der Waals surface area (Å²) in [6.07, 6.45) is 1.71. The minimum absolute atomic E-state index is 0.00574. The smallest absolute Gasteiger partial charge is 0.321 e. The van der Waals surface area contributed by atoms with Crippen LogP contribution in [0.15, 0.2) is 6.20 Å². The SMILES string of the molecule is O=C(O)[C@H]1CSC(c2cn(CCO)nn2)N1. The number of aliphatic hydroxyl groups is 1. The van der Waals surface area contributed by atoms with Gasteiger partial charge in [-0.25, -0.2) is 4.68 Å². The van der Waals surface area contributed by atoms with E-state index >= 15 is 0 Å². The first-order valence-electron chi connectivity index (χ1n) is 4.82. The Morgan fingerprint density at radius 3 is 3.19 bits per heavy atom. The Bertz CT molecular complexity index is 383. The van der Waals surface area contributed by atoms with Gasteiger partial charge in [0, 0.05) is 5.75 Å². The third kappa shape index (κ3) is 2.34. The maximum absolute atomic E-state index is 10.7. The Kier molecular flexibility index (Phi) is 3.42. The topological polar surface area (TPSA) is 100 Å².